The van der Waals surface area contributed by atoms with Crippen LogP contribution in [0.4, 0.5) is 4.39 Å². The molecule has 0 aliphatic carbocycles. The molecular weight excluding hydrogens is 409 g/mol. The number of nitrogens with zero attached hydrogens (tertiary/aromatic N) is 2. The summed E-state index contributed by atoms with van der Waals surface area (Å²) in [6.07, 6.45) is 0.305. The summed E-state index contributed by atoms with van der Waals surface area (Å²) < 4.78 is 13.2. The van der Waals surface area contributed by atoms with Crippen LogP contribution in [0.3, 0.4) is 0 Å². The van der Waals surface area contributed by atoms with Gasteiger partial charge < -0.3 is 15.1 Å². The van der Waals surface area contributed by atoms with E-state index in [1.165, 1.54) is 18.2 Å². The summed E-state index contributed by atoms with van der Waals surface area (Å²) in [6.45, 7) is 1.63. The molecule has 1 aliphatic heterocycles. The molecule has 0 unspecified atom stereocenters. The summed E-state index contributed by atoms with van der Waals surface area (Å²) in [5.41, 5.74) is 1.44. The van der Waals surface area contributed by atoms with Crippen molar-refractivity contribution in [1.82, 2.24) is 15.1 Å². The molecule has 3 amide bonds. The second-order valence-electron chi connectivity index (χ2n) is 7.15. The zero-order valence-electron chi connectivity index (χ0n) is 16.4. The smallest absolute Gasteiger partial charge is 0.242 e. The van der Waals surface area contributed by atoms with Crippen LogP contribution in [0.15, 0.2) is 48.5 Å². The molecular formula is C22H23ClFN3O3. The van der Waals surface area contributed by atoms with E-state index in [0.717, 1.165) is 5.56 Å². The number of hydrogen-bond donors (Lipinski definition) is 1. The highest BCUT2D eigenvalue weighted by Crippen LogP contribution is 2.12. The molecule has 1 N–H and O–H groups in total. The van der Waals surface area contributed by atoms with E-state index < -0.39 is 5.82 Å². The third-order valence-corrected chi connectivity index (χ3v) is 5.20. The maximum Gasteiger partial charge on any atom is 0.242 e. The third-order valence-electron chi connectivity index (χ3n) is 4.94. The van der Waals surface area contributed by atoms with E-state index in [4.69, 9.17) is 11.6 Å². The number of carbonyl (C=O) groups excluding carboxylic acids is 3. The standard InChI is InChI=1S/C22H23ClFN3O3/c23-18-6-4-16(5-7-18)14-21(29)26-8-10-27(11-9-26)22(30)15-25-20(28)13-17-2-1-3-19(24)12-17/h1-7,12H,8-11,13-15H2,(H,25,28). The monoisotopic (exact) mass is 431 g/mol. The van der Waals surface area contributed by atoms with Gasteiger partial charge in [0, 0.05) is 31.2 Å². The predicted octanol–water partition coefficient (Wildman–Crippen LogP) is 2.05. The first-order valence-corrected chi connectivity index (χ1v) is 10.1. The lowest BCUT2D eigenvalue weighted by Crippen LogP contribution is -2.53. The number of piperazine rings is 1. The van der Waals surface area contributed by atoms with Crippen LogP contribution in [0.1, 0.15) is 11.1 Å². The summed E-state index contributed by atoms with van der Waals surface area (Å²) in [7, 11) is 0. The third kappa shape index (κ3) is 6.29. The molecule has 2 aromatic rings. The predicted molar refractivity (Wildman–Crippen MR) is 111 cm³/mol. The van der Waals surface area contributed by atoms with Gasteiger partial charge in [-0.15, -0.1) is 0 Å². The fourth-order valence-corrected chi connectivity index (χ4v) is 3.40. The largest absolute Gasteiger partial charge is 0.347 e. The molecule has 158 valence electrons. The zero-order valence-corrected chi connectivity index (χ0v) is 17.2. The molecule has 3 rings (SSSR count). The molecule has 0 saturated carbocycles. The number of halogens is 2. The van der Waals surface area contributed by atoms with Crippen molar-refractivity contribution in [2.24, 2.45) is 0 Å². The Labute approximate surface area is 179 Å². The molecule has 1 saturated heterocycles. The van der Waals surface area contributed by atoms with Crippen molar-refractivity contribution in [3.05, 3.63) is 70.5 Å². The molecule has 0 atom stereocenters. The van der Waals surface area contributed by atoms with Crippen LogP contribution >= 0.6 is 11.6 Å². The minimum atomic E-state index is -0.403. The molecule has 6 nitrogen and oxygen atoms in total. The van der Waals surface area contributed by atoms with E-state index in [1.807, 2.05) is 12.1 Å². The van der Waals surface area contributed by atoms with Gasteiger partial charge in [-0.1, -0.05) is 35.9 Å². The summed E-state index contributed by atoms with van der Waals surface area (Å²) in [5.74, 6) is -0.939. The van der Waals surface area contributed by atoms with Crippen LogP contribution in [0.25, 0.3) is 0 Å². The molecule has 30 heavy (non-hydrogen) atoms. The highest BCUT2D eigenvalue weighted by molar-refractivity contribution is 6.30. The molecule has 0 radical (unpaired) electrons. The van der Waals surface area contributed by atoms with Gasteiger partial charge in [-0.2, -0.15) is 0 Å². The van der Waals surface area contributed by atoms with Gasteiger partial charge in [0.05, 0.1) is 19.4 Å². The normalized spacial score (nSPS) is 13.8. The van der Waals surface area contributed by atoms with Crippen molar-refractivity contribution in [3.8, 4) is 0 Å². The van der Waals surface area contributed by atoms with E-state index >= 15 is 0 Å². The maximum atomic E-state index is 13.2. The van der Waals surface area contributed by atoms with Crippen molar-refractivity contribution < 1.29 is 18.8 Å². The number of nitrogens with one attached hydrogen (secondary N) is 1. The minimum absolute atomic E-state index is 0.00724. The Morgan fingerprint density at radius 2 is 1.50 bits per heavy atom. The average molecular weight is 432 g/mol. The topological polar surface area (TPSA) is 69.7 Å². The Bertz CT molecular complexity index is 912. The van der Waals surface area contributed by atoms with Crippen molar-refractivity contribution in [2.75, 3.05) is 32.7 Å². The molecule has 0 spiro atoms. The Morgan fingerprint density at radius 1 is 0.867 bits per heavy atom. The van der Waals surface area contributed by atoms with Crippen LogP contribution in [0, 0.1) is 5.82 Å². The molecule has 0 bridgehead atoms. The van der Waals surface area contributed by atoms with Gasteiger partial charge in [-0.05, 0) is 35.4 Å². The van der Waals surface area contributed by atoms with Gasteiger partial charge in [0.25, 0.3) is 0 Å². The van der Waals surface area contributed by atoms with Crippen molar-refractivity contribution in [3.63, 3.8) is 0 Å². The molecule has 1 fully saturated rings. The first-order valence-electron chi connectivity index (χ1n) is 9.72. The number of rotatable bonds is 6. The first kappa shape index (κ1) is 21.8. The zero-order chi connectivity index (χ0) is 21.5. The van der Waals surface area contributed by atoms with E-state index in [-0.39, 0.29) is 30.7 Å². The van der Waals surface area contributed by atoms with Crippen LogP contribution < -0.4 is 5.32 Å². The molecule has 2 aromatic carbocycles. The van der Waals surface area contributed by atoms with E-state index in [1.54, 1.807) is 28.0 Å². The SMILES string of the molecule is O=C(Cc1cccc(F)c1)NCC(=O)N1CCN(C(=O)Cc2ccc(Cl)cc2)CC1. The van der Waals surface area contributed by atoms with Gasteiger partial charge in [-0.25, -0.2) is 4.39 Å². The Morgan fingerprint density at radius 3 is 2.13 bits per heavy atom. The van der Waals surface area contributed by atoms with Gasteiger partial charge in [0.2, 0.25) is 17.7 Å². The quantitative estimate of drug-likeness (QED) is 0.761. The maximum absolute atomic E-state index is 13.2. The lowest BCUT2D eigenvalue weighted by molar-refractivity contribution is -0.139. The van der Waals surface area contributed by atoms with Crippen molar-refractivity contribution in [2.45, 2.75) is 12.8 Å². The second-order valence-corrected chi connectivity index (χ2v) is 7.58. The van der Waals surface area contributed by atoms with Gasteiger partial charge in [-0.3, -0.25) is 14.4 Å². The van der Waals surface area contributed by atoms with E-state index in [9.17, 15) is 18.8 Å². The summed E-state index contributed by atoms with van der Waals surface area (Å²) in [4.78, 5) is 40.1. The fraction of sp³-hybridized carbons (Fsp3) is 0.318. The van der Waals surface area contributed by atoms with Crippen LogP contribution in [-0.2, 0) is 27.2 Å². The lowest BCUT2D eigenvalue weighted by Gasteiger charge is -2.35. The van der Waals surface area contributed by atoms with Gasteiger partial charge >= 0.3 is 0 Å². The van der Waals surface area contributed by atoms with Crippen LogP contribution in [0.5, 0.6) is 0 Å². The highest BCUT2D eigenvalue weighted by Gasteiger charge is 2.24. The molecule has 0 aromatic heterocycles. The molecule has 1 aliphatic rings. The number of amides is 3. The minimum Gasteiger partial charge on any atom is -0.347 e. The van der Waals surface area contributed by atoms with Crippen molar-refractivity contribution in [1.29, 1.82) is 0 Å². The number of benzene rings is 2. The van der Waals surface area contributed by atoms with Gasteiger partial charge in [0.1, 0.15) is 5.82 Å². The van der Waals surface area contributed by atoms with Crippen LogP contribution in [-0.4, -0.2) is 60.2 Å². The fourth-order valence-electron chi connectivity index (χ4n) is 3.27. The first-order chi connectivity index (χ1) is 14.4. The summed E-state index contributed by atoms with van der Waals surface area (Å²) in [5, 5.41) is 3.20. The molecule has 1 heterocycles. The Hall–Kier alpha value is -2.93. The van der Waals surface area contributed by atoms with E-state index in [2.05, 4.69) is 5.32 Å². The van der Waals surface area contributed by atoms with Gasteiger partial charge in [0.15, 0.2) is 0 Å². The molecule has 8 heteroatoms. The Kier molecular flexibility index (Phi) is 7.41. The van der Waals surface area contributed by atoms with Crippen LogP contribution in [0.2, 0.25) is 5.02 Å². The van der Waals surface area contributed by atoms with Crippen molar-refractivity contribution >= 4 is 29.3 Å². The van der Waals surface area contributed by atoms with E-state index in [0.29, 0.717) is 43.2 Å². The average Bonchev–Trinajstić information content (AvgIpc) is 2.74. The number of carbonyl (C=O) groups is 3. The highest BCUT2D eigenvalue weighted by atomic mass is 35.5. The lowest BCUT2D eigenvalue weighted by atomic mass is 10.1. The number of hydrogen-bond acceptors (Lipinski definition) is 3. The second kappa shape index (κ2) is 10.2. The summed E-state index contributed by atoms with van der Waals surface area (Å²) in [6, 6.07) is 13.0. The Balaban J connectivity index is 1.39. The summed E-state index contributed by atoms with van der Waals surface area (Å²) >= 11 is 5.86.